The number of hydrogen-bond donors (Lipinski definition) is 1. The number of furan rings is 1. The van der Waals surface area contributed by atoms with Crippen molar-refractivity contribution < 1.29 is 9.15 Å². The first-order chi connectivity index (χ1) is 12.3. The molecule has 26 heavy (non-hydrogen) atoms. The van der Waals surface area contributed by atoms with E-state index in [9.17, 15) is 0 Å². The summed E-state index contributed by atoms with van der Waals surface area (Å²) in [5.41, 5.74) is 1.26. The van der Waals surface area contributed by atoms with E-state index in [4.69, 9.17) is 14.1 Å². The van der Waals surface area contributed by atoms with Crippen LogP contribution in [0.3, 0.4) is 0 Å². The van der Waals surface area contributed by atoms with Gasteiger partial charge in [-0.1, -0.05) is 30.3 Å². The molecule has 6 heteroatoms. The van der Waals surface area contributed by atoms with Crippen LogP contribution in [-0.4, -0.2) is 44.2 Å². The zero-order valence-electron chi connectivity index (χ0n) is 15.7. The number of guanidine groups is 1. The lowest BCUT2D eigenvalue weighted by atomic mass is 10.2. The van der Waals surface area contributed by atoms with Gasteiger partial charge in [-0.15, -0.1) is 24.0 Å². The zero-order chi connectivity index (χ0) is 17.7. The number of halogens is 1. The van der Waals surface area contributed by atoms with Crippen molar-refractivity contribution in [1.82, 2.24) is 10.2 Å². The molecule has 1 aromatic carbocycles. The molecule has 144 valence electrons. The Kier molecular flexibility index (Phi) is 11.8. The maximum atomic E-state index is 5.39. The molecule has 0 saturated heterocycles. The van der Waals surface area contributed by atoms with Crippen molar-refractivity contribution >= 4 is 29.9 Å². The minimum Gasteiger partial charge on any atom is -0.469 e. The van der Waals surface area contributed by atoms with Crippen LogP contribution in [0.15, 0.2) is 58.1 Å². The molecule has 2 rings (SSSR count). The Morgan fingerprint density at radius 2 is 2.00 bits per heavy atom. The summed E-state index contributed by atoms with van der Waals surface area (Å²) in [5, 5.41) is 3.44. The molecular weight excluding hydrogens is 441 g/mol. The van der Waals surface area contributed by atoms with E-state index < -0.39 is 0 Å². The second-order valence-corrected chi connectivity index (χ2v) is 5.85. The minimum absolute atomic E-state index is 0. The molecule has 1 heterocycles. The van der Waals surface area contributed by atoms with Gasteiger partial charge in [0.05, 0.1) is 6.26 Å². The highest BCUT2D eigenvalue weighted by Crippen LogP contribution is 2.04. The van der Waals surface area contributed by atoms with E-state index >= 15 is 0 Å². The molecule has 0 spiro atoms. The van der Waals surface area contributed by atoms with Gasteiger partial charge in [-0.2, -0.15) is 0 Å². The Morgan fingerprint density at radius 3 is 2.69 bits per heavy atom. The maximum Gasteiger partial charge on any atom is 0.193 e. The molecule has 0 saturated carbocycles. The van der Waals surface area contributed by atoms with Crippen LogP contribution >= 0.6 is 24.0 Å². The third kappa shape index (κ3) is 8.71. The highest BCUT2D eigenvalue weighted by Gasteiger charge is 2.07. The summed E-state index contributed by atoms with van der Waals surface area (Å²) in [7, 11) is 2.06. The molecule has 0 radical (unpaired) electrons. The van der Waals surface area contributed by atoms with Crippen LogP contribution in [0.5, 0.6) is 0 Å². The minimum atomic E-state index is 0. The quantitative estimate of drug-likeness (QED) is 0.247. The summed E-state index contributed by atoms with van der Waals surface area (Å²) in [4.78, 5) is 6.88. The number of hydrogen-bond acceptors (Lipinski definition) is 3. The number of ether oxygens (including phenoxy) is 1. The van der Waals surface area contributed by atoms with Gasteiger partial charge in [0, 0.05) is 46.3 Å². The van der Waals surface area contributed by atoms with Gasteiger partial charge in [0.25, 0.3) is 0 Å². The van der Waals surface area contributed by atoms with Gasteiger partial charge >= 0.3 is 0 Å². The Bertz CT molecular complexity index is 603. The second-order valence-electron chi connectivity index (χ2n) is 5.85. The van der Waals surface area contributed by atoms with Crippen LogP contribution in [-0.2, 0) is 17.7 Å². The molecule has 0 aliphatic rings. The Balaban J connectivity index is 0.00000338. The molecule has 0 fully saturated rings. The third-order valence-electron chi connectivity index (χ3n) is 3.77. The number of aliphatic imine (C=N–C) groups is 1. The highest BCUT2D eigenvalue weighted by molar-refractivity contribution is 14.0. The molecule has 5 nitrogen and oxygen atoms in total. The van der Waals surface area contributed by atoms with Crippen molar-refractivity contribution in [3.05, 3.63) is 60.1 Å². The first-order valence-corrected chi connectivity index (χ1v) is 8.93. The molecule has 2 aromatic rings. The van der Waals surface area contributed by atoms with Crippen molar-refractivity contribution in [1.29, 1.82) is 0 Å². The van der Waals surface area contributed by atoms with Gasteiger partial charge in [-0.25, -0.2) is 0 Å². The lowest BCUT2D eigenvalue weighted by molar-refractivity contribution is 0.146. The first kappa shape index (κ1) is 22.5. The average molecular weight is 471 g/mol. The highest BCUT2D eigenvalue weighted by atomic mass is 127. The Hall–Kier alpha value is -1.54. The Morgan fingerprint density at radius 1 is 1.19 bits per heavy atom. The van der Waals surface area contributed by atoms with Crippen molar-refractivity contribution in [2.75, 3.05) is 33.4 Å². The summed E-state index contributed by atoms with van der Waals surface area (Å²) in [6, 6.07) is 14.3. The largest absolute Gasteiger partial charge is 0.469 e. The molecule has 0 bridgehead atoms. The fourth-order valence-corrected chi connectivity index (χ4v) is 2.49. The van der Waals surface area contributed by atoms with E-state index in [1.54, 1.807) is 6.26 Å². The average Bonchev–Trinajstić information content (AvgIpc) is 3.14. The van der Waals surface area contributed by atoms with E-state index in [1.165, 1.54) is 5.56 Å². The van der Waals surface area contributed by atoms with E-state index in [1.807, 2.05) is 25.1 Å². The van der Waals surface area contributed by atoms with Gasteiger partial charge in [0.15, 0.2) is 5.96 Å². The van der Waals surface area contributed by atoms with Gasteiger partial charge < -0.3 is 19.4 Å². The van der Waals surface area contributed by atoms with Crippen LogP contribution in [0.25, 0.3) is 0 Å². The predicted molar refractivity (Wildman–Crippen MR) is 117 cm³/mol. The second kappa shape index (κ2) is 13.6. The molecule has 0 aliphatic carbocycles. The Labute approximate surface area is 173 Å². The summed E-state index contributed by atoms with van der Waals surface area (Å²) >= 11 is 0. The van der Waals surface area contributed by atoms with Crippen LogP contribution in [0.1, 0.15) is 24.7 Å². The summed E-state index contributed by atoms with van der Waals surface area (Å²) in [6.07, 6.45) is 3.47. The van der Waals surface area contributed by atoms with Crippen LogP contribution in [0.4, 0.5) is 0 Å². The predicted octanol–water partition coefficient (Wildman–Crippen LogP) is 3.94. The van der Waals surface area contributed by atoms with E-state index in [2.05, 4.69) is 41.5 Å². The van der Waals surface area contributed by atoms with Gasteiger partial charge in [-0.3, -0.25) is 4.99 Å². The van der Waals surface area contributed by atoms with Crippen LogP contribution in [0.2, 0.25) is 0 Å². The summed E-state index contributed by atoms with van der Waals surface area (Å²) in [6.45, 7) is 5.88. The lowest BCUT2D eigenvalue weighted by Gasteiger charge is -2.22. The third-order valence-corrected chi connectivity index (χ3v) is 3.77. The zero-order valence-corrected chi connectivity index (χ0v) is 18.0. The van der Waals surface area contributed by atoms with Crippen molar-refractivity contribution in [3.8, 4) is 0 Å². The molecule has 1 N–H and O–H groups in total. The monoisotopic (exact) mass is 471 g/mol. The SMILES string of the molecule is CCOCCCN=C(NCCc1ccco1)N(C)Cc1ccccc1.I. The van der Waals surface area contributed by atoms with Gasteiger partial charge in [0.1, 0.15) is 5.76 Å². The van der Waals surface area contributed by atoms with Crippen LogP contribution in [0, 0.1) is 0 Å². The number of nitrogens with zero attached hydrogens (tertiary/aromatic N) is 2. The molecule has 0 amide bonds. The topological polar surface area (TPSA) is 50.0 Å². The van der Waals surface area contributed by atoms with E-state index in [0.29, 0.717) is 0 Å². The first-order valence-electron chi connectivity index (χ1n) is 8.93. The molecule has 0 atom stereocenters. The number of benzene rings is 1. The standard InChI is InChI=1S/C20H29N3O2.HI/c1-3-24-15-8-13-21-20(22-14-12-19-11-7-16-25-19)23(2)17-18-9-5-4-6-10-18;/h4-7,9-11,16H,3,8,12-15,17H2,1-2H3,(H,21,22);1H. The van der Waals surface area contributed by atoms with Crippen LogP contribution < -0.4 is 5.32 Å². The van der Waals surface area contributed by atoms with Gasteiger partial charge in [0.2, 0.25) is 0 Å². The number of rotatable bonds is 10. The number of nitrogens with one attached hydrogen (secondary N) is 1. The van der Waals surface area contributed by atoms with Crippen molar-refractivity contribution in [2.24, 2.45) is 4.99 Å². The van der Waals surface area contributed by atoms with E-state index in [0.717, 1.165) is 57.4 Å². The lowest BCUT2D eigenvalue weighted by Crippen LogP contribution is -2.39. The van der Waals surface area contributed by atoms with Gasteiger partial charge in [-0.05, 0) is 31.0 Å². The normalized spacial score (nSPS) is 11.1. The van der Waals surface area contributed by atoms with Crippen molar-refractivity contribution in [3.63, 3.8) is 0 Å². The maximum absolute atomic E-state index is 5.39. The fraction of sp³-hybridized carbons (Fsp3) is 0.450. The molecule has 0 aliphatic heterocycles. The smallest absolute Gasteiger partial charge is 0.193 e. The molecule has 1 aromatic heterocycles. The van der Waals surface area contributed by atoms with Crippen molar-refractivity contribution in [2.45, 2.75) is 26.3 Å². The van der Waals surface area contributed by atoms with E-state index in [-0.39, 0.29) is 24.0 Å². The molecular formula is C20H30IN3O2. The fourth-order valence-electron chi connectivity index (χ4n) is 2.49. The summed E-state index contributed by atoms with van der Waals surface area (Å²) < 4.78 is 10.8. The summed E-state index contributed by atoms with van der Waals surface area (Å²) in [5.74, 6) is 1.89. The molecule has 0 unspecified atom stereocenters.